The first kappa shape index (κ1) is 19.6. The smallest absolute Gasteiger partial charge is 0.252 e. The third kappa shape index (κ3) is 4.46. The molecule has 0 atom stereocenters. The summed E-state index contributed by atoms with van der Waals surface area (Å²) in [6, 6.07) is 5.59. The number of nitrogens with two attached hydrogens (primary N) is 1. The lowest BCUT2D eigenvalue weighted by atomic mass is 10.2. The summed E-state index contributed by atoms with van der Waals surface area (Å²) in [5.74, 6) is -0.0842. The third-order valence-electron chi connectivity index (χ3n) is 3.49. The molecule has 26 heavy (non-hydrogen) atoms. The molecule has 1 amide bonds. The number of primary amides is 1. The van der Waals surface area contributed by atoms with Gasteiger partial charge < -0.3 is 15.4 Å². The normalized spacial score (nSPS) is 11.2. The summed E-state index contributed by atoms with van der Waals surface area (Å²) in [7, 11) is 1.09. The molecule has 0 saturated heterocycles. The summed E-state index contributed by atoms with van der Waals surface area (Å²) in [6.07, 6.45) is 0. The average Bonchev–Trinajstić information content (AvgIpc) is 2.58. The molecule has 0 aliphatic carbocycles. The van der Waals surface area contributed by atoms with Gasteiger partial charge in [-0.25, -0.2) is 23.1 Å². The maximum absolute atomic E-state index is 12.5. The van der Waals surface area contributed by atoms with Crippen LogP contribution in [0.1, 0.15) is 21.7 Å². The number of hydrogen-bond donors (Lipinski definition) is 2. The molecule has 0 unspecified atom stereocenters. The molecule has 0 aliphatic heterocycles. The largest absolute Gasteiger partial charge is 0.496 e. The van der Waals surface area contributed by atoms with Gasteiger partial charge in [0.05, 0.1) is 29.8 Å². The van der Waals surface area contributed by atoms with Crippen molar-refractivity contribution in [2.75, 3.05) is 26.1 Å². The third-order valence-corrected chi connectivity index (χ3v) is 4.88. The van der Waals surface area contributed by atoms with Crippen LogP contribution in [0, 0.1) is 6.92 Å². The first-order chi connectivity index (χ1) is 12.1. The molecule has 9 nitrogen and oxygen atoms in total. The van der Waals surface area contributed by atoms with E-state index in [1.165, 1.54) is 25.3 Å². The van der Waals surface area contributed by atoms with E-state index in [2.05, 4.69) is 14.7 Å². The molecule has 0 spiro atoms. The molecule has 0 bridgehead atoms. The fourth-order valence-electron chi connectivity index (χ4n) is 2.21. The van der Waals surface area contributed by atoms with Crippen molar-refractivity contribution in [2.24, 2.45) is 5.73 Å². The van der Waals surface area contributed by atoms with E-state index in [1.807, 2.05) is 0 Å². The van der Waals surface area contributed by atoms with Gasteiger partial charge in [0.25, 0.3) is 5.91 Å². The minimum absolute atomic E-state index is 0.0110. The van der Waals surface area contributed by atoms with Crippen molar-refractivity contribution in [3.8, 4) is 5.75 Å². The predicted molar refractivity (Wildman–Crippen MR) is 96.6 cm³/mol. The highest BCUT2D eigenvalue weighted by Gasteiger charge is 2.19. The number of benzene rings is 1. The molecule has 0 saturated carbocycles. The van der Waals surface area contributed by atoms with Crippen molar-refractivity contribution in [3.05, 3.63) is 41.2 Å². The first-order valence-corrected chi connectivity index (χ1v) is 9.11. The van der Waals surface area contributed by atoms with Gasteiger partial charge in [0.15, 0.2) is 0 Å². The topological polar surface area (TPSA) is 128 Å². The van der Waals surface area contributed by atoms with Crippen molar-refractivity contribution >= 4 is 21.9 Å². The Balaban J connectivity index is 2.27. The lowest BCUT2D eigenvalue weighted by molar-refractivity contribution is 0.0997. The number of aryl methyl sites for hydroxylation is 1. The second-order valence-corrected chi connectivity index (χ2v) is 7.51. The van der Waals surface area contributed by atoms with Gasteiger partial charge in [-0.2, -0.15) is 0 Å². The van der Waals surface area contributed by atoms with Crippen LogP contribution < -0.4 is 20.1 Å². The van der Waals surface area contributed by atoms with Crippen LogP contribution in [-0.4, -0.2) is 45.5 Å². The Morgan fingerprint density at radius 1 is 1.27 bits per heavy atom. The van der Waals surface area contributed by atoms with Crippen LogP contribution in [0.3, 0.4) is 0 Å². The standard InChI is InChI=1S/C16H21N5O4S/c1-10-7-11(20-16(19-10)21(2)3)9-18-26(23,24)12-5-6-14(25-4)13(8-12)15(17)22/h5-8,18H,9H2,1-4H3,(H2,17,22). The maximum atomic E-state index is 12.5. The number of nitrogens with zero attached hydrogens (tertiary/aromatic N) is 3. The van der Waals surface area contributed by atoms with E-state index in [-0.39, 0.29) is 22.8 Å². The van der Waals surface area contributed by atoms with Crippen molar-refractivity contribution in [1.29, 1.82) is 0 Å². The van der Waals surface area contributed by atoms with Gasteiger partial charge in [0, 0.05) is 19.8 Å². The minimum atomic E-state index is -3.87. The van der Waals surface area contributed by atoms with E-state index in [4.69, 9.17) is 10.5 Å². The highest BCUT2D eigenvalue weighted by Crippen LogP contribution is 2.22. The number of aromatic nitrogens is 2. The van der Waals surface area contributed by atoms with Crippen LogP contribution in [0.4, 0.5) is 5.95 Å². The number of hydrogen-bond acceptors (Lipinski definition) is 7. The Morgan fingerprint density at radius 3 is 2.54 bits per heavy atom. The second kappa shape index (κ2) is 7.67. The van der Waals surface area contributed by atoms with Crippen molar-refractivity contribution in [1.82, 2.24) is 14.7 Å². The number of amides is 1. The summed E-state index contributed by atoms with van der Waals surface area (Å²) < 4.78 is 32.5. The predicted octanol–water partition coefficient (Wildman–Crippen LogP) is 0.437. The van der Waals surface area contributed by atoms with Crippen molar-refractivity contribution < 1.29 is 17.9 Å². The number of ether oxygens (including phenoxy) is 1. The summed E-state index contributed by atoms with van der Waals surface area (Å²) in [5, 5.41) is 0. The molecule has 3 N–H and O–H groups in total. The SMILES string of the molecule is COc1ccc(S(=O)(=O)NCc2cc(C)nc(N(C)C)n2)cc1C(N)=O. The Labute approximate surface area is 152 Å². The van der Waals surface area contributed by atoms with Gasteiger partial charge in [-0.1, -0.05) is 0 Å². The molecule has 140 valence electrons. The molecule has 1 heterocycles. The van der Waals surface area contributed by atoms with Crippen LogP contribution in [0.25, 0.3) is 0 Å². The van der Waals surface area contributed by atoms with Gasteiger partial charge in [-0.15, -0.1) is 0 Å². The average molecular weight is 379 g/mol. The fraction of sp³-hybridized carbons (Fsp3) is 0.312. The van der Waals surface area contributed by atoms with Crippen LogP contribution in [0.15, 0.2) is 29.2 Å². The molecule has 1 aromatic carbocycles. The van der Waals surface area contributed by atoms with Gasteiger partial charge in [0.1, 0.15) is 5.75 Å². The highest BCUT2D eigenvalue weighted by molar-refractivity contribution is 7.89. The Bertz CT molecular complexity index is 928. The van der Waals surface area contributed by atoms with Crippen molar-refractivity contribution in [3.63, 3.8) is 0 Å². The Morgan fingerprint density at radius 2 is 1.96 bits per heavy atom. The molecular formula is C16H21N5O4S. The maximum Gasteiger partial charge on any atom is 0.252 e. The molecule has 10 heteroatoms. The van der Waals surface area contributed by atoms with E-state index in [0.717, 1.165) is 5.69 Å². The van der Waals surface area contributed by atoms with Gasteiger partial charge >= 0.3 is 0 Å². The summed E-state index contributed by atoms with van der Waals surface area (Å²) in [6.45, 7) is 1.78. The fourth-order valence-corrected chi connectivity index (χ4v) is 3.23. The lowest BCUT2D eigenvalue weighted by Crippen LogP contribution is -2.25. The zero-order valence-corrected chi connectivity index (χ0v) is 15.8. The zero-order chi connectivity index (χ0) is 19.5. The van der Waals surface area contributed by atoms with E-state index >= 15 is 0 Å². The molecule has 1 aromatic heterocycles. The molecule has 0 aliphatic rings. The number of carbonyl (C=O) groups excluding carboxylic acids is 1. The van der Waals surface area contributed by atoms with E-state index in [0.29, 0.717) is 11.6 Å². The number of carbonyl (C=O) groups is 1. The summed E-state index contributed by atoms with van der Waals surface area (Å²) in [5.41, 5.74) is 6.50. The number of sulfonamides is 1. The number of methoxy groups -OCH3 is 1. The summed E-state index contributed by atoms with van der Waals surface area (Å²) >= 11 is 0. The number of rotatable bonds is 7. The first-order valence-electron chi connectivity index (χ1n) is 7.63. The molecular weight excluding hydrogens is 358 g/mol. The van der Waals surface area contributed by atoms with Crippen LogP contribution in [-0.2, 0) is 16.6 Å². The molecule has 2 rings (SSSR count). The quantitative estimate of drug-likeness (QED) is 0.714. The summed E-state index contributed by atoms with van der Waals surface area (Å²) in [4.78, 5) is 21.7. The Hall–Kier alpha value is -2.72. The minimum Gasteiger partial charge on any atom is -0.496 e. The molecule has 0 fully saturated rings. The Kier molecular flexibility index (Phi) is 5.78. The lowest BCUT2D eigenvalue weighted by Gasteiger charge is -2.13. The highest BCUT2D eigenvalue weighted by atomic mass is 32.2. The molecule has 2 aromatic rings. The van der Waals surface area contributed by atoms with Crippen LogP contribution in [0.5, 0.6) is 5.75 Å². The second-order valence-electron chi connectivity index (χ2n) is 5.75. The van der Waals surface area contributed by atoms with Crippen LogP contribution >= 0.6 is 0 Å². The van der Waals surface area contributed by atoms with Gasteiger partial charge in [-0.3, -0.25) is 4.79 Å². The zero-order valence-electron chi connectivity index (χ0n) is 15.0. The van der Waals surface area contributed by atoms with E-state index < -0.39 is 15.9 Å². The molecule has 0 radical (unpaired) electrons. The van der Waals surface area contributed by atoms with E-state index in [9.17, 15) is 13.2 Å². The van der Waals surface area contributed by atoms with Gasteiger partial charge in [-0.05, 0) is 31.2 Å². The van der Waals surface area contributed by atoms with Crippen LogP contribution in [0.2, 0.25) is 0 Å². The monoisotopic (exact) mass is 379 g/mol. The van der Waals surface area contributed by atoms with Crippen molar-refractivity contribution in [2.45, 2.75) is 18.4 Å². The van der Waals surface area contributed by atoms with Gasteiger partial charge in [0.2, 0.25) is 16.0 Å². The number of nitrogens with one attached hydrogen (secondary N) is 1. The number of anilines is 1. The van der Waals surface area contributed by atoms with E-state index in [1.54, 1.807) is 32.0 Å².